The van der Waals surface area contributed by atoms with E-state index in [1.807, 2.05) is 12.1 Å². The lowest BCUT2D eigenvalue weighted by Crippen LogP contribution is -2.37. The molecule has 1 aromatic carbocycles. The summed E-state index contributed by atoms with van der Waals surface area (Å²) in [6.45, 7) is 5.33. The van der Waals surface area contributed by atoms with Crippen LogP contribution in [0.3, 0.4) is 0 Å². The minimum absolute atomic E-state index is 0.0751. The van der Waals surface area contributed by atoms with Gasteiger partial charge in [-0.05, 0) is 49.4 Å². The van der Waals surface area contributed by atoms with Crippen molar-refractivity contribution in [1.82, 2.24) is 10.3 Å². The van der Waals surface area contributed by atoms with E-state index < -0.39 is 17.6 Å². The standard InChI is InChI=1S/C22H25N3O4S/c1-22(2,3)29-21(28)24-11-17(15-6-4-14(13-26)5-7-15)20(27)25-19-10-16-8-9-23-12-18(16)30-19/h4-10,12,17,26H,11,13H2,1-3H3,(H,24,28)(H,25,27)/t17-/m1/s1. The van der Waals surface area contributed by atoms with Crippen LogP contribution in [0.2, 0.25) is 0 Å². The first-order valence-corrected chi connectivity index (χ1v) is 10.4. The number of rotatable bonds is 6. The molecule has 3 N–H and O–H groups in total. The second-order valence-electron chi connectivity index (χ2n) is 7.85. The number of pyridine rings is 1. The summed E-state index contributed by atoms with van der Waals surface area (Å²) in [5.41, 5.74) is 0.842. The monoisotopic (exact) mass is 427 g/mol. The third-order valence-corrected chi connectivity index (χ3v) is 5.30. The lowest BCUT2D eigenvalue weighted by molar-refractivity contribution is -0.117. The molecular weight excluding hydrogens is 402 g/mol. The summed E-state index contributed by atoms with van der Waals surface area (Å²) in [6.07, 6.45) is 2.88. The minimum Gasteiger partial charge on any atom is -0.444 e. The average Bonchev–Trinajstić information content (AvgIpc) is 3.09. The maximum atomic E-state index is 13.1. The van der Waals surface area contributed by atoms with Crippen LogP contribution in [0.1, 0.15) is 37.8 Å². The van der Waals surface area contributed by atoms with E-state index in [0.29, 0.717) is 5.00 Å². The van der Waals surface area contributed by atoms with Crippen molar-refractivity contribution >= 4 is 38.4 Å². The van der Waals surface area contributed by atoms with Crippen LogP contribution < -0.4 is 10.6 Å². The van der Waals surface area contributed by atoms with Gasteiger partial charge < -0.3 is 20.5 Å². The molecule has 2 amide bonds. The molecule has 0 radical (unpaired) electrons. The highest BCUT2D eigenvalue weighted by Gasteiger charge is 2.24. The largest absolute Gasteiger partial charge is 0.444 e. The first-order chi connectivity index (χ1) is 14.2. The average molecular weight is 428 g/mol. The van der Waals surface area contributed by atoms with Gasteiger partial charge in [0.2, 0.25) is 5.91 Å². The van der Waals surface area contributed by atoms with Crippen molar-refractivity contribution in [2.75, 3.05) is 11.9 Å². The van der Waals surface area contributed by atoms with E-state index in [1.54, 1.807) is 57.4 Å². The number of aliphatic hydroxyl groups is 1. The number of hydrogen-bond acceptors (Lipinski definition) is 6. The number of alkyl carbamates (subject to hydrolysis) is 1. The zero-order chi connectivity index (χ0) is 21.7. The van der Waals surface area contributed by atoms with Gasteiger partial charge in [0, 0.05) is 18.9 Å². The molecule has 0 aliphatic carbocycles. The quantitative estimate of drug-likeness (QED) is 0.551. The fraction of sp³-hybridized carbons (Fsp3) is 0.318. The van der Waals surface area contributed by atoms with Gasteiger partial charge in [0.05, 0.1) is 22.2 Å². The Labute approximate surface area is 179 Å². The fourth-order valence-electron chi connectivity index (χ4n) is 2.87. The summed E-state index contributed by atoms with van der Waals surface area (Å²) in [5.74, 6) is -0.879. The van der Waals surface area contributed by atoms with E-state index in [0.717, 1.165) is 21.2 Å². The number of aliphatic hydroxyl groups excluding tert-OH is 1. The van der Waals surface area contributed by atoms with Gasteiger partial charge in [-0.2, -0.15) is 0 Å². The number of carbonyl (C=O) groups excluding carboxylic acids is 2. The summed E-state index contributed by atoms with van der Waals surface area (Å²) in [7, 11) is 0. The van der Waals surface area contributed by atoms with E-state index in [9.17, 15) is 14.7 Å². The molecule has 3 aromatic rings. The normalized spacial score (nSPS) is 12.4. The van der Waals surface area contributed by atoms with Gasteiger partial charge in [-0.15, -0.1) is 11.3 Å². The Bertz CT molecular complexity index is 992. The molecule has 1 atom stereocenters. The summed E-state index contributed by atoms with van der Waals surface area (Å²) < 4.78 is 6.25. The number of hydrogen-bond donors (Lipinski definition) is 3. The molecule has 0 fully saturated rings. The van der Waals surface area contributed by atoms with Crippen LogP contribution in [0.25, 0.3) is 10.1 Å². The summed E-state index contributed by atoms with van der Waals surface area (Å²) in [5, 5.41) is 16.6. The van der Waals surface area contributed by atoms with Crippen molar-refractivity contribution in [3.63, 3.8) is 0 Å². The number of nitrogens with zero attached hydrogens (tertiary/aromatic N) is 1. The van der Waals surface area contributed by atoms with E-state index in [1.165, 1.54) is 11.3 Å². The number of benzene rings is 1. The molecule has 2 heterocycles. The highest BCUT2D eigenvalue weighted by molar-refractivity contribution is 7.22. The number of amides is 2. The van der Waals surface area contributed by atoms with Gasteiger partial charge in [0.25, 0.3) is 0 Å². The highest BCUT2D eigenvalue weighted by Crippen LogP contribution is 2.30. The third-order valence-electron chi connectivity index (χ3n) is 4.30. The van der Waals surface area contributed by atoms with Gasteiger partial charge in [-0.3, -0.25) is 9.78 Å². The first-order valence-electron chi connectivity index (χ1n) is 9.56. The lowest BCUT2D eigenvalue weighted by Gasteiger charge is -2.22. The van der Waals surface area contributed by atoms with Gasteiger partial charge in [0.15, 0.2) is 0 Å². The molecule has 0 unspecified atom stereocenters. The second kappa shape index (κ2) is 9.23. The molecule has 0 saturated carbocycles. The molecule has 158 valence electrons. The molecule has 0 aliphatic rings. The van der Waals surface area contributed by atoms with Crippen LogP contribution in [0.4, 0.5) is 9.80 Å². The maximum Gasteiger partial charge on any atom is 0.407 e. The summed E-state index contributed by atoms with van der Waals surface area (Å²) in [6, 6.07) is 10.9. The molecule has 0 bridgehead atoms. The van der Waals surface area contributed by atoms with Crippen molar-refractivity contribution < 1.29 is 19.4 Å². The maximum absolute atomic E-state index is 13.1. The number of ether oxygens (including phenoxy) is 1. The van der Waals surface area contributed by atoms with Crippen LogP contribution in [0.5, 0.6) is 0 Å². The number of nitrogens with one attached hydrogen (secondary N) is 2. The van der Waals surface area contributed by atoms with Gasteiger partial charge in [-0.1, -0.05) is 24.3 Å². The van der Waals surface area contributed by atoms with Crippen molar-refractivity contribution in [2.45, 2.75) is 38.9 Å². The zero-order valence-electron chi connectivity index (χ0n) is 17.1. The Hall–Kier alpha value is -2.97. The molecule has 2 aromatic heterocycles. The van der Waals surface area contributed by atoms with E-state index in [-0.39, 0.29) is 19.1 Å². The number of carbonyl (C=O) groups is 2. The third kappa shape index (κ3) is 5.77. The van der Waals surface area contributed by atoms with Crippen molar-refractivity contribution in [1.29, 1.82) is 0 Å². The smallest absolute Gasteiger partial charge is 0.407 e. The number of fused-ring (bicyclic) bond motifs is 1. The van der Waals surface area contributed by atoms with Crippen molar-refractivity contribution in [3.05, 3.63) is 59.9 Å². The van der Waals surface area contributed by atoms with Crippen LogP contribution in [0, 0.1) is 0 Å². The highest BCUT2D eigenvalue weighted by atomic mass is 32.1. The van der Waals surface area contributed by atoms with E-state index >= 15 is 0 Å². The van der Waals surface area contributed by atoms with Crippen LogP contribution in [-0.4, -0.2) is 34.2 Å². The summed E-state index contributed by atoms with van der Waals surface area (Å²) in [4.78, 5) is 29.3. The van der Waals surface area contributed by atoms with Crippen LogP contribution in [0.15, 0.2) is 48.8 Å². The first kappa shape index (κ1) is 21.7. The summed E-state index contributed by atoms with van der Waals surface area (Å²) >= 11 is 1.44. The zero-order valence-corrected chi connectivity index (χ0v) is 18.0. The number of thiophene rings is 1. The molecular formula is C22H25N3O4S. The minimum atomic E-state index is -0.631. The fourth-order valence-corrected chi connectivity index (χ4v) is 3.80. The van der Waals surface area contributed by atoms with Crippen molar-refractivity contribution in [2.24, 2.45) is 0 Å². The van der Waals surface area contributed by atoms with Gasteiger partial charge >= 0.3 is 6.09 Å². The van der Waals surface area contributed by atoms with E-state index in [2.05, 4.69) is 15.6 Å². The number of aromatic nitrogens is 1. The predicted octanol–water partition coefficient (Wildman–Crippen LogP) is 4.04. The van der Waals surface area contributed by atoms with Crippen molar-refractivity contribution in [3.8, 4) is 0 Å². The Morgan fingerprint density at radius 3 is 2.57 bits per heavy atom. The number of anilines is 1. The van der Waals surface area contributed by atoms with Crippen LogP contribution >= 0.6 is 11.3 Å². The molecule has 0 saturated heterocycles. The van der Waals surface area contributed by atoms with Gasteiger partial charge in [-0.25, -0.2) is 4.79 Å². The Balaban J connectivity index is 1.77. The SMILES string of the molecule is CC(C)(C)OC(=O)NC[C@@H](C(=O)Nc1cc2ccncc2s1)c1ccc(CO)cc1. The molecule has 0 spiro atoms. The Morgan fingerprint density at radius 1 is 1.20 bits per heavy atom. The topological polar surface area (TPSA) is 101 Å². The molecule has 8 heteroatoms. The predicted molar refractivity (Wildman–Crippen MR) is 118 cm³/mol. The Morgan fingerprint density at radius 2 is 1.93 bits per heavy atom. The molecule has 3 rings (SSSR count). The van der Waals surface area contributed by atoms with E-state index in [4.69, 9.17) is 4.74 Å². The second-order valence-corrected chi connectivity index (χ2v) is 8.93. The lowest BCUT2D eigenvalue weighted by atomic mass is 9.97. The molecule has 30 heavy (non-hydrogen) atoms. The van der Waals surface area contributed by atoms with Crippen LogP contribution in [-0.2, 0) is 16.1 Å². The Kier molecular flexibility index (Phi) is 6.69. The molecule has 0 aliphatic heterocycles. The molecule has 7 nitrogen and oxygen atoms in total. The van der Waals surface area contributed by atoms with Gasteiger partial charge in [0.1, 0.15) is 5.60 Å².